The second-order valence-corrected chi connectivity index (χ2v) is 7.44. The molecule has 0 saturated carbocycles. The molecule has 0 aliphatic heterocycles. The fourth-order valence-corrected chi connectivity index (χ4v) is 3.44. The van der Waals surface area contributed by atoms with Gasteiger partial charge in [-0.25, -0.2) is 14.2 Å². The predicted molar refractivity (Wildman–Crippen MR) is 101 cm³/mol. The fourth-order valence-electron chi connectivity index (χ4n) is 2.28. The third-order valence-electron chi connectivity index (χ3n) is 3.61. The third kappa shape index (κ3) is 3.53. The Kier molecular flexibility index (Phi) is 4.58. The molecule has 0 aliphatic carbocycles. The van der Waals surface area contributed by atoms with Crippen LogP contribution in [0.15, 0.2) is 45.0 Å². The van der Waals surface area contributed by atoms with Gasteiger partial charge in [-0.2, -0.15) is 4.98 Å². The first-order chi connectivity index (χ1) is 13.0. The molecule has 4 rings (SSSR count). The summed E-state index contributed by atoms with van der Waals surface area (Å²) >= 11 is 4.75. The van der Waals surface area contributed by atoms with Crippen LogP contribution in [0.5, 0.6) is 0 Å². The maximum atomic E-state index is 12.7. The van der Waals surface area contributed by atoms with Crippen molar-refractivity contribution < 1.29 is 4.79 Å². The average Bonchev–Trinajstić information content (AvgIpc) is 3.25. The molecule has 0 aliphatic rings. The summed E-state index contributed by atoms with van der Waals surface area (Å²) in [6.07, 6.45) is 1.62. The van der Waals surface area contributed by atoms with E-state index in [1.807, 2.05) is 19.1 Å². The Labute approximate surface area is 165 Å². The number of rotatable bonds is 4. The minimum absolute atomic E-state index is 0.0352. The SMILES string of the molecule is Cc1ccnc2nc(C(=O)Nc3cc(Br)ccc3Sc3nnnn3C)nn12. The van der Waals surface area contributed by atoms with Gasteiger partial charge < -0.3 is 5.32 Å². The highest BCUT2D eigenvalue weighted by Gasteiger charge is 2.17. The molecule has 0 atom stereocenters. The fraction of sp³-hybridized carbons (Fsp3) is 0.133. The standard InChI is InChI=1S/C15H12BrN9OS/c1-8-5-6-17-14-19-12(21-25(8)14)13(26)18-10-7-9(16)3-4-11(10)27-15-20-22-23-24(15)2/h3-7H,1-2H3,(H,18,26). The van der Waals surface area contributed by atoms with Crippen LogP contribution < -0.4 is 5.32 Å². The van der Waals surface area contributed by atoms with Gasteiger partial charge in [-0.3, -0.25) is 4.79 Å². The summed E-state index contributed by atoms with van der Waals surface area (Å²) in [6.45, 7) is 1.86. The summed E-state index contributed by atoms with van der Waals surface area (Å²) in [5.41, 5.74) is 1.42. The van der Waals surface area contributed by atoms with Crippen LogP contribution in [0.1, 0.15) is 16.3 Å². The number of carbonyl (C=O) groups excluding carboxylic acids is 1. The van der Waals surface area contributed by atoms with Crippen molar-refractivity contribution >= 4 is 45.1 Å². The number of carbonyl (C=O) groups is 1. The molecule has 0 spiro atoms. The zero-order chi connectivity index (χ0) is 19.0. The van der Waals surface area contributed by atoms with Crippen molar-refractivity contribution in [1.29, 1.82) is 0 Å². The van der Waals surface area contributed by atoms with Gasteiger partial charge in [0.15, 0.2) is 0 Å². The van der Waals surface area contributed by atoms with Crippen LogP contribution in [-0.4, -0.2) is 45.7 Å². The van der Waals surface area contributed by atoms with Crippen molar-refractivity contribution in [2.45, 2.75) is 17.0 Å². The number of amides is 1. The van der Waals surface area contributed by atoms with Gasteiger partial charge in [-0.05, 0) is 53.4 Å². The number of aromatic nitrogens is 8. The molecular weight excluding hydrogens is 434 g/mol. The number of halogens is 1. The summed E-state index contributed by atoms with van der Waals surface area (Å²) in [6, 6.07) is 7.32. The molecule has 0 radical (unpaired) electrons. The van der Waals surface area contributed by atoms with E-state index in [1.54, 1.807) is 30.1 Å². The van der Waals surface area contributed by atoms with Gasteiger partial charge in [0.1, 0.15) is 0 Å². The Morgan fingerprint density at radius 1 is 1.30 bits per heavy atom. The second-order valence-electron chi connectivity index (χ2n) is 5.52. The molecule has 27 heavy (non-hydrogen) atoms. The van der Waals surface area contributed by atoms with Crippen molar-refractivity contribution in [1.82, 2.24) is 39.8 Å². The van der Waals surface area contributed by atoms with Crippen molar-refractivity contribution in [3.63, 3.8) is 0 Å². The highest BCUT2D eigenvalue weighted by Crippen LogP contribution is 2.34. The third-order valence-corrected chi connectivity index (χ3v) is 5.20. The molecule has 10 nitrogen and oxygen atoms in total. The first-order valence-electron chi connectivity index (χ1n) is 7.71. The van der Waals surface area contributed by atoms with Gasteiger partial charge in [0.2, 0.25) is 11.0 Å². The first kappa shape index (κ1) is 17.5. The van der Waals surface area contributed by atoms with Crippen molar-refractivity contribution in [2.75, 3.05) is 5.32 Å². The normalized spacial score (nSPS) is 11.1. The number of aryl methyl sites for hydroxylation is 2. The molecular formula is C15H12BrN9OS. The van der Waals surface area contributed by atoms with E-state index in [1.165, 1.54) is 16.3 Å². The predicted octanol–water partition coefficient (Wildman–Crippen LogP) is 2.12. The minimum atomic E-state index is -0.434. The molecule has 3 aromatic heterocycles. The summed E-state index contributed by atoms with van der Waals surface area (Å²) in [4.78, 5) is 21.8. The van der Waals surface area contributed by atoms with Gasteiger partial charge in [0, 0.05) is 28.3 Å². The Morgan fingerprint density at radius 2 is 2.15 bits per heavy atom. The van der Waals surface area contributed by atoms with Gasteiger partial charge in [0.25, 0.3) is 11.7 Å². The van der Waals surface area contributed by atoms with Crippen molar-refractivity contribution in [3.8, 4) is 0 Å². The number of nitrogens with zero attached hydrogens (tertiary/aromatic N) is 8. The van der Waals surface area contributed by atoms with E-state index in [-0.39, 0.29) is 5.82 Å². The molecule has 136 valence electrons. The lowest BCUT2D eigenvalue weighted by molar-refractivity contribution is 0.101. The van der Waals surface area contributed by atoms with Crippen LogP contribution in [0, 0.1) is 6.92 Å². The van der Waals surface area contributed by atoms with Crippen molar-refractivity contribution in [3.05, 3.63) is 46.5 Å². The number of nitrogens with one attached hydrogen (secondary N) is 1. The van der Waals surface area contributed by atoms with Crippen LogP contribution >= 0.6 is 27.7 Å². The largest absolute Gasteiger partial charge is 0.318 e. The summed E-state index contributed by atoms with van der Waals surface area (Å²) in [5, 5.41) is 19.1. The van der Waals surface area contributed by atoms with Gasteiger partial charge in [-0.1, -0.05) is 15.9 Å². The number of tetrazole rings is 1. The Bertz CT molecular complexity index is 1160. The molecule has 4 aromatic rings. The van der Waals surface area contributed by atoms with Gasteiger partial charge in [0.05, 0.1) is 5.69 Å². The lowest BCUT2D eigenvalue weighted by Crippen LogP contribution is -2.14. The zero-order valence-corrected chi connectivity index (χ0v) is 16.6. The number of hydrogen-bond donors (Lipinski definition) is 1. The Morgan fingerprint density at radius 3 is 2.89 bits per heavy atom. The number of anilines is 1. The molecule has 12 heteroatoms. The van der Waals surface area contributed by atoms with E-state index in [9.17, 15) is 4.79 Å². The van der Waals surface area contributed by atoms with Gasteiger partial charge >= 0.3 is 0 Å². The van der Waals surface area contributed by atoms with Gasteiger partial charge in [-0.15, -0.1) is 10.2 Å². The van der Waals surface area contributed by atoms with E-state index in [2.05, 4.69) is 51.8 Å². The molecule has 0 unspecified atom stereocenters. The van der Waals surface area contributed by atoms with Crippen LogP contribution in [-0.2, 0) is 7.05 Å². The van der Waals surface area contributed by atoms with Crippen LogP contribution in [0.4, 0.5) is 5.69 Å². The summed E-state index contributed by atoms with van der Waals surface area (Å²) in [7, 11) is 1.75. The quantitative estimate of drug-likeness (QED) is 0.507. The molecule has 3 heterocycles. The lowest BCUT2D eigenvalue weighted by atomic mass is 10.3. The number of hydrogen-bond acceptors (Lipinski definition) is 8. The smallest absolute Gasteiger partial charge is 0.295 e. The zero-order valence-electron chi connectivity index (χ0n) is 14.2. The molecule has 1 aromatic carbocycles. The maximum Gasteiger partial charge on any atom is 0.295 e. The second kappa shape index (κ2) is 7.04. The van der Waals surface area contributed by atoms with Crippen LogP contribution in [0.3, 0.4) is 0 Å². The Hall–Kier alpha value is -2.86. The van der Waals surface area contributed by atoms with E-state index in [0.29, 0.717) is 16.6 Å². The van der Waals surface area contributed by atoms with E-state index in [4.69, 9.17) is 0 Å². The molecule has 0 bridgehead atoms. The minimum Gasteiger partial charge on any atom is -0.318 e. The van der Waals surface area contributed by atoms with E-state index in [0.717, 1.165) is 15.1 Å². The molecule has 0 fully saturated rings. The molecule has 1 amide bonds. The summed E-state index contributed by atoms with van der Waals surface area (Å²) in [5.74, 6) is -0.0295. The average molecular weight is 446 g/mol. The molecule has 0 saturated heterocycles. The monoisotopic (exact) mass is 445 g/mol. The topological polar surface area (TPSA) is 116 Å². The maximum absolute atomic E-state index is 12.7. The highest BCUT2D eigenvalue weighted by molar-refractivity contribution is 9.10. The van der Waals surface area contributed by atoms with E-state index < -0.39 is 5.91 Å². The first-order valence-corrected chi connectivity index (χ1v) is 9.32. The van der Waals surface area contributed by atoms with Crippen LogP contribution in [0.2, 0.25) is 0 Å². The van der Waals surface area contributed by atoms with Crippen molar-refractivity contribution in [2.24, 2.45) is 7.05 Å². The van der Waals surface area contributed by atoms with Crippen LogP contribution in [0.25, 0.3) is 5.78 Å². The highest BCUT2D eigenvalue weighted by atomic mass is 79.9. The Balaban J connectivity index is 1.64. The lowest BCUT2D eigenvalue weighted by Gasteiger charge is -2.09. The molecule has 1 N–H and O–H groups in total. The van der Waals surface area contributed by atoms with E-state index >= 15 is 0 Å². The number of benzene rings is 1. The number of fused-ring (bicyclic) bond motifs is 1. The summed E-state index contributed by atoms with van der Waals surface area (Å²) < 4.78 is 3.89.